The summed E-state index contributed by atoms with van der Waals surface area (Å²) in [6.07, 6.45) is 0. The first-order valence-electron chi connectivity index (χ1n) is 6.19. The van der Waals surface area contributed by atoms with Crippen LogP contribution in [0.4, 0.5) is 0 Å². The third-order valence-corrected chi connectivity index (χ3v) is 3.40. The molecule has 108 valence electrons. The molecule has 2 aromatic rings. The van der Waals surface area contributed by atoms with Gasteiger partial charge >= 0.3 is 0 Å². The molecule has 0 aliphatic carbocycles. The van der Waals surface area contributed by atoms with E-state index in [9.17, 15) is 0 Å². The monoisotopic (exact) mass is 295 g/mol. The van der Waals surface area contributed by atoms with E-state index < -0.39 is 0 Å². The molecule has 1 aromatic heterocycles. The van der Waals surface area contributed by atoms with E-state index in [0.29, 0.717) is 19.7 Å². The van der Waals surface area contributed by atoms with Crippen LogP contribution in [-0.2, 0) is 6.54 Å². The zero-order valence-electron chi connectivity index (χ0n) is 11.2. The Labute approximate surface area is 121 Å². The molecule has 0 atom stereocenters. The van der Waals surface area contributed by atoms with Crippen LogP contribution in [0.2, 0.25) is 0 Å². The van der Waals surface area contributed by atoms with Gasteiger partial charge in [0.1, 0.15) is 11.5 Å². The van der Waals surface area contributed by atoms with Crippen molar-refractivity contribution >= 4 is 11.8 Å². The maximum atomic E-state index is 5.62. The minimum Gasteiger partial charge on any atom is -0.497 e. The summed E-state index contributed by atoms with van der Waals surface area (Å²) in [4.78, 5) is 0. The van der Waals surface area contributed by atoms with E-state index in [-0.39, 0.29) is 0 Å². The number of ether oxygens (including phenoxy) is 2. The highest BCUT2D eigenvalue weighted by Gasteiger charge is 2.05. The second-order valence-corrected chi connectivity index (χ2v) is 4.91. The Balaban J connectivity index is 1.74. The first kappa shape index (κ1) is 14.6. The lowest BCUT2D eigenvalue weighted by molar-refractivity contribution is 0.342. The number of nitrogens with zero attached hydrogens (tertiary/aromatic N) is 4. The Morgan fingerprint density at radius 3 is 2.70 bits per heavy atom. The number of hydrogen-bond donors (Lipinski definition) is 1. The summed E-state index contributed by atoms with van der Waals surface area (Å²) < 4.78 is 12.4. The fourth-order valence-corrected chi connectivity index (χ4v) is 2.25. The van der Waals surface area contributed by atoms with Crippen LogP contribution in [0, 0.1) is 0 Å². The maximum Gasteiger partial charge on any atom is 0.209 e. The van der Waals surface area contributed by atoms with E-state index >= 15 is 0 Å². The van der Waals surface area contributed by atoms with Crippen LogP contribution in [0.25, 0.3) is 0 Å². The molecule has 0 aliphatic rings. The number of aromatic nitrogens is 4. The molecule has 0 unspecified atom stereocenters. The topological polar surface area (TPSA) is 88.1 Å². The fourth-order valence-electron chi connectivity index (χ4n) is 1.53. The molecule has 20 heavy (non-hydrogen) atoms. The highest BCUT2D eigenvalue weighted by molar-refractivity contribution is 7.99. The molecule has 0 bridgehead atoms. The summed E-state index contributed by atoms with van der Waals surface area (Å²) in [7, 11) is 1.64. The van der Waals surface area contributed by atoms with Gasteiger partial charge in [-0.05, 0) is 34.7 Å². The second-order valence-electron chi connectivity index (χ2n) is 3.85. The molecule has 7 nitrogen and oxygen atoms in total. The van der Waals surface area contributed by atoms with Gasteiger partial charge in [0.2, 0.25) is 5.16 Å². The van der Waals surface area contributed by atoms with E-state index in [1.807, 2.05) is 24.3 Å². The third-order valence-electron chi connectivity index (χ3n) is 2.48. The van der Waals surface area contributed by atoms with E-state index in [1.165, 1.54) is 0 Å². The van der Waals surface area contributed by atoms with Gasteiger partial charge in [-0.1, -0.05) is 11.8 Å². The van der Waals surface area contributed by atoms with E-state index in [1.54, 1.807) is 23.6 Å². The largest absolute Gasteiger partial charge is 0.497 e. The summed E-state index contributed by atoms with van der Waals surface area (Å²) in [6.45, 7) is 1.71. The van der Waals surface area contributed by atoms with Crippen molar-refractivity contribution in [1.29, 1.82) is 0 Å². The Morgan fingerprint density at radius 2 is 2.00 bits per heavy atom. The molecule has 0 radical (unpaired) electrons. The van der Waals surface area contributed by atoms with E-state index in [0.717, 1.165) is 22.4 Å². The fraction of sp³-hybridized carbons (Fsp3) is 0.417. The van der Waals surface area contributed by atoms with Crippen molar-refractivity contribution in [3.63, 3.8) is 0 Å². The summed E-state index contributed by atoms with van der Waals surface area (Å²) in [5, 5.41) is 12.2. The van der Waals surface area contributed by atoms with Crippen molar-refractivity contribution in [2.45, 2.75) is 11.7 Å². The van der Waals surface area contributed by atoms with Crippen molar-refractivity contribution in [2.24, 2.45) is 5.73 Å². The number of nitrogens with two attached hydrogens (primary N) is 1. The Morgan fingerprint density at radius 1 is 1.25 bits per heavy atom. The number of hydrogen-bond acceptors (Lipinski definition) is 7. The lowest BCUT2D eigenvalue weighted by Crippen LogP contribution is -2.12. The summed E-state index contributed by atoms with van der Waals surface area (Å²) >= 11 is 1.54. The first-order chi connectivity index (χ1) is 9.83. The normalized spacial score (nSPS) is 10.5. The van der Waals surface area contributed by atoms with Crippen LogP contribution in [0.1, 0.15) is 0 Å². The highest BCUT2D eigenvalue weighted by atomic mass is 32.2. The minimum absolute atomic E-state index is 0.515. The lowest BCUT2D eigenvalue weighted by Gasteiger charge is -2.06. The van der Waals surface area contributed by atoms with Crippen molar-refractivity contribution in [3.8, 4) is 11.5 Å². The minimum atomic E-state index is 0.515. The van der Waals surface area contributed by atoms with Gasteiger partial charge in [-0.2, -0.15) is 0 Å². The van der Waals surface area contributed by atoms with Gasteiger partial charge < -0.3 is 15.2 Å². The SMILES string of the molecule is COc1ccc(OCCSc2nnnn2CCN)cc1. The van der Waals surface area contributed by atoms with Crippen molar-refractivity contribution in [3.05, 3.63) is 24.3 Å². The molecule has 1 heterocycles. The third kappa shape index (κ3) is 4.10. The van der Waals surface area contributed by atoms with Crippen molar-refractivity contribution in [2.75, 3.05) is 26.0 Å². The molecule has 2 N–H and O–H groups in total. The van der Waals surface area contributed by atoms with Crippen LogP contribution < -0.4 is 15.2 Å². The van der Waals surface area contributed by atoms with Crippen LogP contribution in [0.3, 0.4) is 0 Å². The molecular formula is C12H17N5O2S. The predicted molar refractivity (Wildman–Crippen MR) is 76.1 cm³/mol. The Kier molecular flexibility index (Phi) is 5.63. The molecule has 0 fully saturated rings. The van der Waals surface area contributed by atoms with Crippen LogP contribution >= 0.6 is 11.8 Å². The average Bonchev–Trinajstić information content (AvgIpc) is 2.92. The Bertz CT molecular complexity index is 517. The molecule has 0 aliphatic heterocycles. The van der Waals surface area contributed by atoms with Gasteiger partial charge in [-0.25, -0.2) is 4.68 Å². The summed E-state index contributed by atoms with van der Waals surface area (Å²) in [5.74, 6) is 2.39. The molecule has 0 spiro atoms. The number of benzene rings is 1. The van der Waals surface area contributed by atoms with Crippen molar-refractivity contribution in [1.82, 2.24) is 20.2 Å². The molecular weight excluding hydrogens is 278 g/mol. The van der Waals surface area contributed by atoms with Gasteiger partial charge in [-0.15, -0.1) is 5.10 Å². The molecule has 2 rings (SSSR count). The predicted octanol–water partition coefficient (Wildman–Crippen LogP) is 0.811. The van der Waals surface area contributed by atoms with Crippen LogP contribution in [-0.4, -0.2) is 46.2 Å². The van der Waals surface area contributed by atoms with Gasteiger partial charge in [0.05, 0.1) is 20.3 Å². The van der Waals surface area contributed by atoms with E-state index in [4.69, 9.17) is 15.2 Å². The van der Waals surface area contributed by atoms with Gasteiger partial charge in [0.25, 0.3) is 0 Å². The number of rotatable bonds is 8. The highest BCUT2D eigenvalue weighted by Crippen LogP contribution is 2.18. The number of methoxy groups -OCH3 is 1. The standard InChI is InChI=1S/C12H17N5O2S/c1-18-10-2-4-11(5-3-10)19-8-9-20-12-14-15-16-17(12)7-6-13/h2-5H,6-9,13H2,1H3. The second kappa shape index (κ2) is 7.71. The molecule has 0 saturated carbocycles. The molecule has 0 saturated heterocycles. The molecule has 0 amide bonds. The van der Waals surface area contributed by atoms with Gasteiger partial charge in [-0.3, -0.25) is 0 Å². The zero-order chi connectivity index (χ0) is 14.2. The maximum absolute atomic E-state index is 5.62. The lowest BCUT2D eigenvalue weighted by atomic mass is 10.3. The molecule has 1 aromatic carbocycles. The van der Waals surface area contributed by atoms with Gasteiger partial charge in [0.15, 0.2) is 0 Å². The Hall–Kier alpha value is -1.80. The number of thioether (sulfide) groups is 1. The summed E-state index contributed by atoms with van der Waals surface area (Å²) in [5.41, 5.74) is 5.48. The molecule has 8 heteroatoms. The van der Waals surface area contributed by atoms with Crippen LogP contribution in [0.5, 0.6) is 11.5 Å². The first-order valence-corrected chi connectivity index (χ1v) is 7.18. The zero-order valence-corrected chi connectivity index (χ0v) is 12.0. The van der Waals surface area contributed by atoms with E-state index in [2.05, 4.69) is 15.5 Å². The average molecular weight is 295 g/mol. The quantitative estimate of drug-likeness (QED) is 0.569. The van der Waals surface area contributed by atoms with Crippen molar-refractivity contribution < 1.29 is 9.47 Å². The van der Waals surface area contributed by atoms with Crippen LogP contribution in [0.15, 0.2) is 29.4 Å². The number of tetrazole rings is 1. The van der Waals surface area contributed by atoms with Gasteiger partial charge in [0, 0.05) is 12.3 Å². The summed E-state index contributed by atoms with van der Waals surface area (Å²) in [6, 6.07) is 7.48. The smallest absolute Gasteiger partial charge is 0.209 e.